The average Bonchev–Trinajstić information content (AvgIpc) is 2.30. The summed E-state index contributed by atoms with van der Waals surface area (Å²) in [7, 11) is 0. The van der Waals surface area contributed by atoms with Crippen LogP contribution < -0.4 is 5.32 Å². The maximum absolute atomic E-state index is 3.55. The molecule has 1 aliphatic rings. The first-order valence-corrected chi connectivity index (χ1v) is 6.04. The molecule has 1 saturated heterocycles. The third-order valence-corrected chi connectivity index (χ3v) is 3.42. The van der Waals surface area contributed by atoms with E-state index in [1.54, 1.807) is 0 Å². The first-order chi connectivity index (χ1) is 6.56. The van der Waals surface area contributed by atoms with Crippen molar-refractivity contribution in [3.05, 3.63) is 0 Å². The van der Waals surface area contributed by atoms with Gasteiger partial charge in [-0.25, -0.2) is 0 Å². The van der Waals surface area contributed by atoms with Gasteiger partial charge in [-0.15, -0.1) is 0 Å². The molecule has 1 rings (SSSR count). The summed E-state index contributed by atoms with van der Waals surface area (Å²) >= 11 is 0. The van der Waals surface area contributed by atoms with Crippen LogP contribution in [-0.2, 0) is 0 Å². The SMILES string of the molecule is CCCC(C)(C)N1CCNC(C)CC1. The number of nitrogens with one attached hydrogen (secondary N) is 1. The molecule has 84 valence electrons. The number of nitrogens with zero attached hydrogens (tertiary/aromatic N) is 1. The van der Waals surface area contributed by atoms with Crippen LogP contribution in [-0.4, -0.2) is 36.1 Å². The number of hydrogen-bond acceptors (Lipinski definition) is 2. The molecule has 1 unspecified atom stereocenters. The van der Waals surface area contributed by atoms with E-state index in [0.717, 1.165) is 6.54 Å². The van der Waals surface area contributed by atoms with E-state index in [1.165, 1.54) is 32.4 Å². The fraction of sp³-hybridized carbons (Fsp3) is 1.00. The lowest BCUT2D eigenvalue weighted by Gasteiger charge is -2.37. The Morgan fingerprint density at radius 3 is 2.71 bits per heavy atom. The largest absolute Gasteiger partial charge is 0.313 e. The van der Waals surface area contributed by atoms with Crippen LogP contribution in [0, 0.1) is 0 Å². The smallest absolute Gasteiger partial charge is 0.0153 e. The van der Waals surface area contributed by atoms with Crippen LogP contribution >= 0.6 is 0 Å². The van der Waals surface area contributed by atoms with E-state index in [1.807, 2.05) is 0 Å². The predicted molar refractivity (Wildman–Crippen MR) is 62.6 cm³/mol. The van der Waals surface area contributed by atoms with Crippen molar-refractivity contribution in [2.45, 2.75) is 58.5 Å². The zero-order chi connectivity index (χ0) is 10.6. The van der Waals surface area contributed by atoms with E-state index < -0.39 is 0 Å². The maximum atomic E-state index is 3.55. The Balaban J connectivity index is 2.49. The van der Waals surface area contributed by atoms with Gasteiger partial charge in [-0.3, -0.25) is 4.90 Å². The minimum Gasteiger partial charge on any atom is -0.313 e. The van der Waals surface area contributed by atoms with Gasteiger partial charge in [0.25, 0.3) is 0 Å². The highest BCUT2D eigenvalue weighted by molar-refractivity contribution is 4.84. The van der Waals surface area contributed by atoms with Gasteiger partial charge in [0, 0.05) is 31.2 Å². The number of rotatable bonds is 3. The topological polar surface area (TPSA) is 15.3 Å². The summed E-state index contributed by atoms with van der Waals surface area (Å²) in [5, 5.41) is 3.55. The molecule has 1 aliphatic heterocycles. The molecule has 1 atom stereocenters. The van der Waals surface area contributed by atoms with Gasteiger partial charge in [-0.2, -0.15) is 0 Å². The summed E-state index contributed by atoms with van der Waals surface area (Å²) in [5.74, 6) is 0. The Morgan fingerprint density at radius 2 is 2.07 bits per heavy atom. The van der Waals surface area contributed by atoms with E-state index in [-0.39, 0.29) is 0 Å². The molecule has 0 saturated carbocycles. The quantitative estimate of drug-likeness (QED) is 0.748. The van der Waals surface area contributed by atoms with E-state index in [4.69, 9.17) is 0 Å². The molecular formula is C12H26N2. The van der Waals surface area contributed by atoms with Crippen molar-refractivity contribution < 1.29 is 0 Å². The van der Waals surface area contributed by atoms with Crippen molar-refractivity contribution in [2.24, 2.45) is 0 Å². The Hall–Kier alpha value is -0.0800. The Kier molecular flexibility index (Phi) is 4.39. The number of hydrogen-bond donors (Lipinski definition) is 1. The highest BCUT2D eigenvalue weighted by Crippen LogP contribution is 2.21. The predicted octanol–water partition coefficient (Wildman–Crippen LogP) is 2.25. The molecule has 0 spiro atoms. The van der Waals surface area contributed by atoms with Crippen LogP contribution in [0.4, 0.5) is 0 Å². The van der Waals surface area contributed by atoms with Gasteiger partial charge in [0.15, 0.2) is 0 Å². The van der Waals surface area contributed by atoms with Gasteiger partial charge in [0.1, 0.15) is 0 Å². The van der Waals surface area contributed by atoms with Crippen LogP contribution in [0.1, 0.15) is 47.0 Å². The lowest BCUT2D eigenvalue weighted by Crippen LogP contribution is -2.45. The zero-order valence-corrected chi connectivity index (χ0v) is 10.3. The molecule has 0 aromatic rings. The van der Waals surface area contributed by atoms with Crippen LogP contribution in [0.5, 0.6) is 0 Å². The van der Waals surface area contributed by atoms with E-state index in [9.17, 15) is 0 Å². The monoisotopic (exact) mass is 198 g/mol. The molecule has 0 bridgehead atoms. The Labute approximate surface area is 89.1 Å². The molecule has 14 heavy (non-hydrogen) atoms. The average molecular weight is 198 g/mol. The van der Waals surface area contributed by atoms with Crippen LogP contribution in [0.15, 0.2) is 0 Å². The highest BCUT2D eigenvalue weighted by Gasteiger charge is 2.26. The molecule has 0 aliphatic carbocycles. The molecule has 0 aromatic heterocycles. The fourth-order valence-corrected chi connectivity index (χ4v) is 2.38. The summed E-state index contributed by atoms with van der Waals surface area (Å²) in [6.07, 6.45) is 3.88. The molecule has 2 nitrogen and oxygen atoms in total. The van der Waals surface area contributed by atoms with Crippen LogP contribution in [0.25, 0.3) is 0 Å². The maximum Gasteiger partial charge on any atom is 0.0153 e. The highest BCUT2D eigenvalue weighted by atomic mass is 15.2. The molecule has 0 aromatic carbocycles. The van der Waals surface area contributed by atoms with Crippen LogP contribution in [0.3, 0.4) is 0 Å². The van der Waals surface area contributed by atoms with Crippen molar-refractivity contribution >= 4 is 0 Å². The third-order valence-electron chi connectivity index (χ3n) is 3.42. The van der Waals surface area contributed by atoms with E-state index >= 15 is 0 Å². The second-order valence-electron chi connectivity index (χ2n) is 5.19. The van der Waals surface area contributed by atoms with Gasteiger partial charge < -0.3 is 5.32 Å². The summed E-state index contributed by atoms with van der Waals surface area (Å²) in [6.45, 7) is 12.9. The molecular weight excluding hydrogens is 172 g/mol. The summed E-state index contributed by atoms with van der Waals surface area (Å²) < 4.78 is 0. The first-order valence-electron chi connectivity index (χ1n) is 6.04. The Morgan fingerprint density at radius 1 is 1.36 bits per heavy atom. The van der Waals surface area contributed by atoms with Gasteiger partial charge >= 0.3 is 0 Å². The van der Waals surface area contributed by atoms with Gasteiger partial charge in [-0.1, -0.05) is 13.3 Å². The van der Waals surface area contributed by atoms with E-state index in [0.29, 0.717) is 11.6 Å². The van der Waals surface area contributed by atoms with Crippen molar-refractivity contribution in [1.29, 1.82) is 0 Å². The van der Waals surface area contributed by atoms with Crippen molar-refractivity contribution in [3.63, 3.8) is 0 Å². The Bertz CT molecular complexity index is 166. The molecule has 2 heteroatoms. The lowest BCUT2D eigenvalue weighted by atomic mass is 9.96. The zero-order valence-electron chi connectivity index (χ0n) is 10.3. The minimum atomic E-state index is 0.389. The van der Waals surface area contributed by atoms with Gasteiger partial charge in [0.2, 0.25) is 0 Å². The second kappa shape index (κ2) is 5.13. The second-order valence-corrected chi connectivity index (χ2v) is 5.19. The summed E-state index contributed by atoms with van der Waals surface area (Å²) in [5.41, 5.74) is 0.389. The van der Waals surface area contributed by atoms with Gasteiger partial charge in [0.05, 0.1) is 0 Å². The molecule has 1 N–H and O–H groups in total. The lowest BCUT2D eigenvalue weighted by molar-refractivity contribution is 0.118. The van der Waals surface area contributed by atoms with E-state index in [2.05, 4.69) is 37.9 Å². The van der Waals surface area contributed by atoms with Crippen molar-refractivity contribution in [3.8, 4) is 0 Å². The molecule has 1 fully saturated rings. The van der Waals surface area contributed by atoms with Crippen molar-refractivity contribution in [2.75, 3.05) is 19.6 Å². The van der Waals surface area contributed by atoms with Crippen LogP contribution in [0.2, 0.25) is 0 Å². The fourth-order valence-electron chi connectivity index (χ4n) is 2.38. The normalized spacial score (nSPS) is 26.1. The minimum absolute atomic E-state index is 0.389. The molecule has 0 radical (unpaired) electrons. The summed E-state index contributed by atoms with van der Waals surface area (Å²) in [6, 6.07) is 0.692. The molecule has 0 amide bonds. The summed E-state index contributed by atoms with van der Waals surface area (Å²) in [4.78, 5) is 2.65. The van der Waals surface area contributed by atoms with Gasteiger partial charge in [-0.05, 0) is 33.6 Å². The first kappa shape index (κ1) is 12.0. The standard InChI is InChI=1S/C12H26N2/c1-5-7-12(3,4)14-9-6-11(2)13-8-10-14/h11,13H,5-10H2,1-4H3. The molecule has 1 heterocycles. The third kappa shape index (κ3) is 3.25. The van der Waals surface area contributed by atoms with Crippen molar-refractivity contribution in [1.82, 2.24) is 10.2 Å².